The Morgan fingerprint density at radius 3 is 2.50 bits per heavy atom. The van der Waals surface area contributed by atoms with Gasteiger partial charge in [-0.3, -0.25) is 9.59 Å². The maximum absolute atomic E-state index is 12.6. The number of nitrogens with one attached hydrogen (secondary N) is 1. The van der Waals surface area contributed by atoms with E-state index in [1.54, 1.807) is 26.0 Å². The molecule has 0 aromatic heterocycles. The number of rotatable bonds is 9. The molecular weight excluding hydrogens is 414 g/mol. The average Bonchev–Trinajstić information content (AvgIpc) is 2.71. The van der Waals surface area contributed by atoms with E-state index >= 15 is 0 Å². The van der Waals surface area contributed by atoms with E-state index in [4.69, 9.17) is 9.47 Å². The highest BCUT2D eigenvalue weighted by Gasteiger charge is 2.46. The van der Waals surface area contributed by atoms with Gasteiger partial charge in [-0.1, -0.05) is 13.0 Å². The summed E-state index contributed by atoms with van der Waals surface area (Å²) in [5, 5.41) is 22.4. The Bertz CT molecular complexity index is 858. The minimum absolute atomic E-state index is 0.0471. The highest BCUT2D eigenvalue weighted by atomic mass is 16.6. The van der Waals surface area contributed by atoms with Gasteiger partial charge in [0.25, 0.3) is 5.91 Å². The third-order valence-corrected chi connectivity index (χ3v) is 5.95. The summed E-state index contributed by atoms with van der Waals surface area (Å²) < 4.78 is 11.4. The number of aromatic hydroxyl groups is 1. The molecule has 1 aliphatic heterocycles. The number of carboxylic acid groups (broad SMARTS) is 1. The molecule has 8 heteroatoms. The fourth-order valence-electron chi connectivity index (χ4n) is 4.08. The van der Waals surface area contributed by atoms with E-state index < -0.39 is 29.7 Å². The number of hydrogen-bond donors (Lipinski definition) is 3. The van der Waals surface area contributed by atoms with Crippen molar-refractivity contribution in [3.63, 3.8) is 0 Å². The SMILES string of the molecule is C=CC[C@]1(C(=O)O)CCC(C)C(CC(CNC(=O)c2cc(C)c(O)c(C)c2)OC(C)=O)O1. The average molecular weight is 448 g/mol. The quantitative estimate of drug-likeness (QED) is 0.392. The van der Waals surface area contributed by atoms with Crippen molar-refractivity contribution in [1.82, 2.24) is 5.32 Å². The maximum atomic E-state index is 12.6. The molecule has 1 fully saturated rings. The maximum Gasteiger partial charge on any atom is 0.336 e. The van der Waals surface area contributed by atoms with E-state index in [1.807, 2.05) is 6.92 Å². The van der Waals surface area contributed by atoms with Crippen LogP contribution in [-0.2, 0) is 19.1 Å². The summed E-state index contributed by atoms with van der Waals surface area (Å²) >= 11 is 0. The standard InChI is InChI=1S/C24H33NO7/c1-6-8-24(23(29)30)9-7-14(2)20(32-24)12-19(31-17(5)26)13-25-22(28)18-10-15(3)21(27)16(4)11-18/h6,10-11,14,19-20,27H,1,7-9,12-13H2,2-5H3,(H,25,28)(H,29,30)/t14?,19?,20?,24-/m1/s1. The van der Waals surface area contributed by atoms with Crippen LogP contribution in [0.3, 0.4) is 0 Å². The Labute approximate surface area is 188 Å². The van der Waals surface area contributed by atoms with Crippen LogP contribution in [0.5, 0.6) is 5.75 Å². The Hall–Kier alpha value is -2.87. The second-order valence-electron chi connectivity index (χ2n) is 8.60. The molecule has 176 valence electrons. The highest BCUT2D eigenvalue weighted by Crippen LogP contribution is 2.37. The first-order chi connectivity index (χ1) is 15.0. The van der Waals surface area contributed by atoms with Crippen LogP contribution in [0.1, 0.15) is 61.0 Å². The van der Waals surface area contributed by atoms with Gasteiger partial charge < -0.3 is 25.0 Å². The summed E-state index contributed by atoms with van der Waals surface area (Å²) in [6.45, 7) is 10.4. The third-order valence-electron chi connectivity index (χ3n) is 5.95. The van der Waals surface area contributed by atoms with Crippen molar-refractivity contribution in [1.29, 1.82) is 0 Å². The molecule has 2 rings (SSSR count). The van der Waals surface area contributed by atoms with Crippen molar-refractivity contribution in [3.05, 3.63) is 41.5 Å². The van der Waals surface area contributed by atoms with Gasteiger partial charge >= 0.3 is 11.9 Å². The molecule has 4 atom stereocenters. The molecular formula is C24H33NO7. The molecule has 1 amide bonds. The van der Waals surface area contributed by atoms with Crippen LogP contribution in [0.25, 0.3) is 0 Å². The fraction of sp³-hybridized carbons (Fsp3) is 0.542. The lowest BCUT2D eigenvalue weighted by Gasteiger charge is -2.42. The molecule has 3 unspecified atom stereocenters. The number of benzene rings is 1. The van der Waals surface area contributed by atoms with Gasteiger partial charge in [-0.25, -0.2) is 4.79 Å². The minimum atomic E-state index is -1.34. The van der Waals surface area contributed by atoms with Gasteiger partial charge in [-0.15, -0.1) is 6.58 Å². The van der Waals surface area contributed by atoms with Crippen molar-refractivity contribution >= 4 is 17.8 Å². The van der Waals surface area contributed by atoms with Crippen LogP contribution in [0.15, 0.2) is 24.8 Å². The number of hydrogen-bond acceptors (Lipinski definition) is 6. The largest absolute Gasteiger partial charge is 0.507 e. The lowest BCUT2D eigenvalue weighted by Crippen LogP contribution is -2.51. The first-order valence-corrected chi connectivity index (χ1v) is 10.8. The van der Waals surface area contributed by atoms with Crippen molar-refractivity contribution in [3.8, 4) is 5.75 Å². The molecule has 0 spiro atoms. The molecule has 0 radical (unpaired) electrons. The first kappa shape index (κ1) is 25.4. The summed E-state index contributed by atoms with van der Waals surface area (Å²) in [7, 11) is 0. The lowest BCUT2D eigenvalue weighted by atomic mass is 9.82. The van der Waals surface area contributed by atoms with E-state index in [-0.39, 0.29) is 37.0 Å². The Balaban J connectivity index is 2.12. The third kappa shape index (κ3) is 6.09. The molecule has 0 saturated carbocycles. The van der Waals surface area contributed by atoms with E-state index in [2.05, 4.69) is 11.9 Å². The molecule has 1 aliphatic rings. The van der Waals surface area contributed by atoms with Crippen LogP contribution in [0, 0.1) is 19.8 Å². The number of carboxylic acids is 1. The zero-order chi connectivity index (χ0) is 24.1. The van der Waals surface area contributed by atoms with Gasteiger partial charge in [-0.05, 0) is 55.9 Å². The Morgan fingerprint density at radius 2 is 1.97 bits per heavy atom. The molecule has 3 N–H and O–H groups in total. The topological polar surface area (TPSA) is 122 Å². The number of ether oxygens (including phenoxy) is 2. The number of amides is 1. The molecule has 8 nitrogen and oxygen atoms in total. The summed E-state index contributed by atoms with van der Waals surface area (Å²) in [4.78, 5) is 36.2. The smallest absolute Gasteiger partial charge is 0.336 e. The minimum Gasteiger partial charge on any atom is -0.507 e. The summed E-state index contributed by atoms with van der Waals surface area (Å²) in [6.07, 6.45) is 1.85. The van der Waals surface area contributed by atoms with Crippen LogP contribution in [-0.4, -0.2) is 52.4 Å². The zero-order valence-electron chi connectivity index (χ0n) is 19.1. The Kier molecular flexibility index (Phi) is 8.44. The molecule has 1 heterocycles. The summed E-state index contributed by atoms with van der Waals surface area (Å²) in [6, 6.07) is 3.17. The number of aliphatic carboxylic acids is 1. The van der Waals surface area contributed by atoms with E-state index in [1.165, 1.54) is 13.0 Å². The van der Waals surface area contributed by atoms with E-state index in [0.717, 1.165) is 0 Å². The van der Waals surface area contributed by atoms with Gasteiger partial charge in [0.2, 0.25) is 0 Å². The number of esters is 1. The second kappa shape index (κ2) is 10.6. The molecule has 1 saturated heterocycles. The van der Waals surface area contributed by atoms with Crippen LogP contribution in [0.2, 0.25) is 0 Å². The van der Waals surface area contributed by atoms with E-state index in [0.29, 0.717) is 29.5 Å². The van der Waals surface area contributed by atoms with Crippen LogP contribution < -0.4 is 5.32 Å². The first-order valence-electron chi connectivity index (χ1n) is 10.8. The van der Waals surface area contributed by atoms with Crippen LogP contribution >= 0.6 is 0 Å². The van der Waals surface area contributed by atoms with Crippen molar-refractivity contribution in [2.24, 2.45) is 5.92 Å². The summed E-state index contributed by atoms with van der Waals surface area (Å²) in [5.41, 5.74) is 0.216. The fourth-order valence-corrected chi connectivity index (χ4v) is 4.08. The summed E-state index contributed by atoms with van der Waals surface area (Å²) in [5.74, 6) is -1.70. The zero-order valence-corrected chi connectivity index (χ0v) is 19.1. The van der Waals surface area contributed by atoms with Gasteiger partial charge in [0, 0.05) is 25.3 Å². The second-order valence-corrected chi connectivity index (χ2v) is 8.60. The molecule has 0 bridgehead atoms. The Morgan fingerprint density at radius 1 is 1.34 bits per heavy atom. The molecule has 1 aromatic rings. The normalized spacial score (nSPS) is 23.8. The van der Waals surface area contributed by atoms with Crippen molar-refractivity contribution in [2.45, 2.75) is 71.2 Å². The predicted octanol–water partition coefficient (Wildman–Crippen LogP) is 3.28. The number of phenolic OH excluding ortho intramolecular Hbond substituents is 1. The predicted molar refractivity (Wildman–Crippen MR) is 119 cm³/mol. The van der Waals surface area contributed by atoms with Gasteiger partial charge in [0.05, 0.1) is 12.6 Å². The monoisotopic (exact) mass is 447 g/mol. The van der Waals surface area contributed by atoms with Crippen LogP contribution in [0.4, 0.5) is 0 Å². The molecule has 1 aromatic carbocycles. The molecule has 32 heavy (non-hydrogen) atoms. The van der Waals surface area contributed by atoms with Gasteiger partial charge in [0.15, 0.2) is 5.60 Å². The number of carbonyl (C=O) groups is 3. The van der Waals surface area contributed by atoms with Gasteiger partial charge in [0.1, 0.15) is 11.9 Å². The van der Waals surface area contributed by atoms with E-state index in [9.17, 15) is 24.6 Å². The number of carbonyl (C=O) groups excluding carboxylic acids is 2. The molecule has 0 aliphatic carbocycles. The van der Waals surface area contributed by atoms with Crippen molar-refractivity contribution < 1.29 is 34.1 Å². The van der Waals surface area contributed by atoms with Crippen molar-refractivity contribution in [2.75, 3.05) is 6.54 Å². The van der Waals surface area contributed by atoms with Gasteiger partial charge in [-0.2, -0.15) is 0 Å². The highest BCUT2D eigenvalue weighted by molar-refractivity contribution is 5.94. The number of aryl methyl sites for hydroxylation is 2. The number of phenols is 1. The lowest BCUT2D eigenvalue weighted by molar-refractivity contribution is -0.196.